The van der Waals surface area contributed by atoms with Gasteiger partial charge in [-0.1, -0.05) is 12.1 Å². The Morgan fingerprint density at radius 1 is 1.45 bits per heavy atom. The lowest BCUT2D eigenvalue weighted by Crippen LogP contribution is -2.26. The van der Waals surface area contributed by atoms with Crippen LogP contribution in [0.5, 0.6) is 0 Å². The standard InChI is InChI=1S/C12H12FN3O3S/c13-20(18,19)10-4-12(17)16(7-10)6-8-1-2-9-5-14-15-11(9)3-8/h1-3,5,10H,4,6-7H2,(H,14,15). The van der Waals surface area contributed by atoms with Gasteiger partial charge in [0.05, 0.1) is 11.7 Å². The molecule has 1 aliphatic heterocycles. The van der Waals surface area contributed by atoms with Crippen LogP contribution in [-0.4, -0.2) is 41.2 Å². The highest BCUT2D eigenvalue weighted by Gasteiger charge is 2.38. The first-order valence-corrected chi connectivity index (χ1v) is 7.51. The number of aromatic amines is 1. The van der Waals surface area contributed by atoms with Crippen LogP contribution in [0.25, 0.3) is 10.9 Å². The van der Waals surface area contributed by atoms with E-state index in [4.69, 9.17) is 0 Å². The van der Waals surface area contributed by atoms with Crippen molar-refractivity contribution in [2.45, 2.75) is 18.2 Å². The van der Waals surface area contributed by atoms with Crippen molar-refractivity contribution < 1.29 is 17.1 Å². The van der Waals surface area contributed by atoms with Gasteiger partial charge in [0.1, 0.15) is 5.25 Å². The quantitative estimate of drug-likeness (QED) is 0.855. The molecule has 8 heteroatoms. The topological polar surface area (TPSA) is 83.1 Å². The van der Waals surface area contributed by atoms with Gasteiger partial charge in [-0.3, -0.25) is 9.89 Å². The predicted octanol–water partition coefficient (Wildman–Crippen LogP) is 0.963. The van der Waals surface area contributed by atoms with Crippen LogP contribution in [0.15, 0.2) is 24.4 Å². The Labute approximate surface area is 114 Å². The molecule has 2 aromatic rings. The van der Waals surface area contributed by atoms with E-state index in [2.05, 4.69) is 10.2 Å². The van der Waals surface area contributed by atoms with Gasteiger partial charge in [0, 0.05) is 24.9 Å². The van der Waals surface area contributed by atoms with E-state index in [9.17, 15) is 17.1 Å². The number of carbonyl (C=O) groups excluding carboxylic acids is 1. The first kappa shape index (κ1) is 13.0. The molecule has 0 aliphatic carbocycles. The van der Waals surface area contributed by atoms with Crippen LogP contribution >= 0.6 is 0 Å². The Balaban J connectivity index is 1.79. The summed E-state index contributed by atoms with van der Waals surface area (Å²) >= 11 is 0. The maximum Gasteiger partial charge on any atom is 0.307 e. The lowest BCUT2D eigenvalue weighted by molar-refractivity contribution is -0.128. The summed E-state index contributed by atoms with van der Waals surface area (Å²) in [5.74, 6) is -0.346. The Morgan fingerprint density at radius 3 is 2.95 bits per heavy atom. The second kappa shape index (κ2) is 4.55. The third kappa shape index (κ3) is 2.38. The normalized spacial score (nSPS) is 19.9. The fourth-order valence-corrected chi connectivity index (χ4v) is 3.08. The molecule has 20 heavy (non-hydrogen) atoms. The molecule has 1 aliphatic rings. The number of hydrogen-bond donors (Lipinski definition) is 1. The summed E-state index contributed by atoms with van der Waals surface area (Å²) in [6.45, 7) is 0.165. The number of carbonyl (C=O) groups is 1. The summed E-state index contributed by atoms with van der Waals surface area (Å²) in [7, 11) is -4.67. The van der Waals surface area contributed by atoms with Gasteiger partial charge in [0.15, 0.2) is 0 Å². The Morgan fingerprint density at radius 2 is 2.25 bits per heavy atom. The van der Waals surface area contributed by atoms with Crippen molar-refractivity contribution in [3.63, 3.8) is 0 Å². The van der Waals surface area contributed by atoms with Gasteiger partial charge in [-0.05, 0) is 11.6 Å². The molecule has 1 unspecified atom stereocenters. The van der Waals surface area contributed by atoms with E-state index in [0.29, 0.717) is 0 Å². The van der Waals surface area contributed by atoms with Crippen LogP contribution in [0, 0.1) is 0 Å². The summed E-state index contributed by atoms with van der Waals surface area (Å²) in [6.07, 6.45) is 1.40. The van der Waals surface area contributed by atoms with Gasteiger partial charge < -0.3 is 4.90 Å². The van der Waals surface area contributed by atoms with Crippen molar-refractivity contribution in [3.8, 4) is 0 Å². The van der Waals surface area contributed by atoms with Crippen molar-refractivity contribution in [2.75, 3.05) is 6.54 Å². The summed E-state index contributed by atoms with van der Waals surface area (Å²) < 4.78 is 34.6. The van der Waals surface area contributed by atoms with E-state index in [0.717, 1.165) is 16.5 Å². The number of likely N-dealkylation sites (tertiary alicyclic amines) is 1. The molecular weight excluding hydrogens is 285 g/mol. The molecule has 0 radical (unpaired) electrons. The van der Waals surface area contributed by atoms with Crippen LogP contribution in [0.3, 0.4) is 0 Å². The summed E-state index contributed by atoms with van der Waals surface area (Å²) in [5, 5.41) is 6.42. The first-order valence-electron chi connectivity index (χ1n) is 6.07. The number of aromatic nitrogens is 2. The molecule has 1 fully saturated rings. The van der Waals surface area contributed by atoms with Gasteiger partial charge in [-0.25, -0.2) is 0 Å². The largest absolute Gasteiger partial charge is 0.337 e. The molecule has 6 nitrogen and oxygen atoms in total. The molecule has 0 spiro atoms. The van der Waals surface area contributed by atoms with Gasteiger partial charge in [0.2, 0.25) is 5.91 Å². The van der Waals surface area contributed by atoms with Crippen molar-refractivity contribution in [1.82, 2.24) is 15.1 Å². The second-order valence-corrected chi connectivity index (χ2v) is 6.49. The fraction of sp³-hybridized carbons (Fsp3) is 0.333. The Hall–Kier alpha value is -1.96. The highest BCUT2D eigenvalue weighted by atomic mass is 32.3. The number of benzene rings is 1. The number of nitrogens with zero attached hydrogens (tertiary/aromatic N) is 2. The second-order valence-electron chi connectivity index (χ2n) is 4.87. The molecule has 106 valence electrons. The van der Waals surface area contributed by atoms with Crippen molar-refractivity contribution in [2.24, 2.45) is 0 Å². The zero-order valence-corrected chi connectivity index (χ0v) is 11.2. The fourth-order valence-electron chi connectivity index (χ4n) is 2.38. The molecule has 0 bridgehead atoms. The molecule has 1 N–H and O–H groups in total. The third-order valence-corrected chi connectivity index (χ3v) is 4.57. The maximum absolute atomic E-state index is 12.9. The molecule has 1 saturated heterocycles. The predicted molar refractivity (Wildman–Crippen MR) is 69.9 cm³/mol. The lowest BCUT2D eigenvalue weighted by atomic mass is 10.1. The minimum atomic E-state index is -4.67. The molecule has 3 rings (SSSR count). The molecule has 1 aromatic heterocycles. The van der Waals surface area contributed by atoms with E-state index < -0.39 is 15.5 Å². The zero-order valence-electron chi connectivity index (χ0n) is 10.4. The van der Waals surface area contributed by atoms with Crippen LogP contribution < -0.4 is 0 Å². The van der Waals surface area contributed by atoms with Crippen LogP contribution in [-0.2, 0) is 21.6 Å². The SMILES string of the molecule is O=C1CC(S(=O)(=O)F)CN1Cc1ccc2cn[nH]c2c1. The number of hydrogen-bond acceptors (Lipinski definition) is 4. The molecule has 2 heterocycles. The summed E-state index contributed by atoms with van der Waals surface area (Å²) in [5.41, 5.74) is 1.68. The van der Waals surface area contributed by atoms with Crippen molar-refractivity contribution >= 4 is 27.0 Å². The van der Waals surface area contributed by atoms with E-state index in [1.807, 2.05) is 18.2 Å². The minimum Gasteiger partial charge on any atom is -0.337 e. The molecule has 1 amide bonds. The number of rotatable bonds is 3. The summed E-state index contributed by atoms with van der Waals surface area (Å²) in [6, 6.07) is 5.54. The monoisotopic (exact) mass is 297 g/mol. The van der Waals surface area contributed by atoms with Crippen molar-refractivity contribution in [3.05, 3.63) is 30.0 Å². The number of H-pyrrole nitrogens is 1. The highest BCUT2D eigenvalue weighted by molar-refractivity contribution is 7.87. The number of halogens is 1. The van der Waals surface area contributed by atoms with E-state index in [1.54, 1.807) is 6.20 Å². The van der Waals surface area contributed by atoms with E-state index in [-0.39, 0.29) is 25.4 Å². The molecule has 1 aromatic carbocycles. The van der Waals surface area contributed by atoms with E-state index in [1.165, 1.54) is 4.90 Å². The molecular formula is C12H12FN3O3S. The highest BCUT2D eigenvalue weighted by Crippen LogP contribution is 2.22. The minimum absolute atomic E-state index is 0.0985. The first-order chi connectivity index (χ1) is 9.43. The van der Waals surface area contributed by atoms with Gasteiger partial charge in [0.25, 0.3) is 0 Å². The number of nitrogens with one attached hydrogen (secondary N) is 1. The zero-order chi connectivity index (χ0) is 14.3. The van der Waals surface area contributed by atoms with Crippen LogP contribution in [0.2, 0.25) is 0 Å². The lowest BCUT2D eigenvalue weighted by Gasteiger charge is -2.15. The van der Waals surface area contributed by atoms with Crippen LogP contribution in [0.4, 0.5) is 3.89 Å². The molecule has 0 saturated carbocycles. The summed E-state index contributed by atoms with van der Waals surface area (Å²) in [4.78, 5) is 13.1. The van der Waals surface area contributed by atoms with Gasteiger partial charge in [-0.2, -0.15) is 13.5 Å². The Bertz CT molecular complexity index is 771. The number of fused-ring (bicyclic) bond motifs is 1. The molecule has 1 atom stereocenters. The van der Waals surface area contributed by atoms with Crippen LogP contribution in [0.1, 0.15) is 12.0 Å². The van der Waals surface area contributed by atoms with Crippen molar-refractivity contribution in [1.29, 1.82) is 0 Å². The maximum atomic E-state index is 12.9. The smallest absolute Gasteiger partial charge is 0.307 e. The average molecular weight is 297 g/mol. The van der Waals surface area contributed by atoms with E-state index >= 15 is 0 Å². The Kier molecular flexibility index (Phi) is 2.97. The van der Waals surface area contributed by atoms with Gasteiger partial charge in [-0.15, -0.1) is 3.89 Å². The average Bonchev–Trinajstić information content (AvgIpc) is 2.95. The number of amides is 1. The third-order valence-electron chi connectivity index (χ3n) is 3.46. The van der Waals surface area contributed by atoms with Gasteiger partial charge >= 0.3 is 10.2 Å².